The molecule has 1 aromatic heterocycles. The van der Waals surface area contributed by atoms with E-state index in [0.29, 0.717) is 16.5 Å². The van der Waals surface area contributed by atoms with Crippen LogP contribution >= 0.6 is 11.3 Å². The molecule has 1 saturated carbocycles. The van der Waals surface area contributed by atoms with E-state index in [9.17, 15) is 19.5 Å². The van der Waals surface area contributed by atoms with Crippen LogP contribution in [0.3, 0.4) is 0 Å². The fourth-order valence-electron chi connectivity index (χ4n) is 5.56. The van der Waals surface area contributed by atoms with Crippen molar-refractivity contribution in [1.29, 1.82) is 0 Å². The number of allylic oxidation sites excluding steroid dienone is 2. The van der Waals surface area contributed by atoms with Gasteiger partial charge in [-0.25, -0.2) is 0 Å². The summed E-state index contributed by atoms with van der Waals surface area (Å²) >= 11 is 1.43. The van der Waals surface area contributed by atoms with Crippen molar-refractivity contribution in [1.82, 2.24) is 0 Å². The van der Waals surface area contributed by atoms with Crippen LogP contribution in [-0.4, -0.2) is 22.9 Å². The Kier molecular flexibility index (Phi) is 5.29. The molecule has 4 N–H and O–H groups in total. The maximum atomic E-state index is 13.2. The molecule has 6 nitrogen and oxygen atoms in total. The zero-order valence-electron chi connectivity index (χ0n) is 17.7. The van der Waals surface area contributed by atoms with Crippen LogP contribution in [0.15, 0.2) is 12.2 Å². The van der Waals surface area contributed by atoms with Crippen LogP contribution in [0.25, 0.3) is 0 Å². The molecule has 2 bridgehead atoms. The molecule has 7 heteroatoms. The van der Waals surface area contributed by atoms with Crippen LogP contribution in [0.1, 0.15) is 60.8 Å². The van der Waals surface area contributed by atoms with Crippen LogP contribution < -0.4 is 11.1 Å². The van der Waals surface area contributed by atoms with E-state index >= 15 is 0 Å². The maximum absolute atomic E-state index is 13.2. The number of aliphatic carboxylic acids is 1. The summed E-state index contributed by atoms with van der Waals surface area (Å²) < 4.78 is 0. The van der Waals surface area contributed by atoms with Gasteiger partial charge in [0.25, 0.3) is 5.91 Å². The second-order valence-electron chi connectivity index (χ2n) is 10.0. The Labute approximate surface area is 180 Å². The lowest BCUT2D eigenvalue weighted by Gasteiger charge is -2.41. The number of nitrogens with one attached hydrogen (secondary N) is 1. The van der Waals surface area contributed by atoms with Gasteiger partial charge in [-0.3, -0.25) is 14.4 Å². The number of rotatable bonds is 4. The first-order valence-electron chi connectivity index (χ1n) is 10.7. The van der Waals surface area contributed by atoms with Gasteiger partial charge in [0, 0.05) is 4.88 Å². The number of amides is 2. The van der Waals surface area contributed by atoms with Gasteiger partial charge in [0.15, 0.2) is 0 Å². The number of anilines is 1. The molecule has 1 aromatic rings. The minimum absolute atomic E-state index is 0.0759. The maximum Gasteiger partial charge on any atom is 0.307 e. The molecule has 0 radical (unpaired) electrons. The van der Waals surface area contributed by atoms with Crippen LogP contribution in [-0.2, 0) is 22.4 Å². The van der Waals surface area contributed by atoms with E-state index in [1.165, 1.54) is 11.3 Å². The van der Waals surface area contributed by atoms with Crippen molar-refractivity contribution in [2.24, 2.45) is 40.7 Å². The lowest BCUT2D eigenvalue weighted by Crippen LogP contribution is -2.47. The van der Waals surface area contributed by atoms with Gasteiger partial charge < -0.3 is 16.2 Å². The van der Waals surface area contributed by atoms with E-state index in [1.54, 1.807) is 0 Å². The molecular weight excluding hydrogens is 400 g/mol. The minimum atomic E-state index is -0.928. The lowest BCUT2D eigenvalue weighted by molar-refractivity contribution is -0.151. The number of hydrogen-bond donors (Lipinski definition) is 3. The standard InChI is InChI=1S/C23H30N2O4S/c1-23(2,3)13-8-9-14-15(10-13)30-21(18(14)19(24)26)25-20(27)16-11-4-6-12(7-5-11)17(16)22(28)29/h4,6,11-13,16-17H,5,7-10H2,1-3H3,(H2,24,26)(H,25,27)(H,28,29)/t11-,12+,13-,16+,17+/m1/s1. The van der Waals surface area contributed by atoms with Crippen molar-refractivity contribution in [3.63, 3.8) is 0 Å². The highest BCUT2D eigenvalue weighted by Gasteiger charge is 2.48. The van der Waals surface area contributed by atoms with Crippen molar-refractivity contribution in [2.45, 2.75) is 52.9 Å². The average Bonchev–Trinajstić information content (AvgIpc) is 3.04. The predicted octanol–water partition coefficient (Wildman–Crippen LogP) is 3.85. The first kappa shape index (κ1) is 21.1. The fraction of sp³-hybridized carbons (Fsp3) is 0.609. The number of hydrogen-bond acceptors (Lipinski definition) is 4. The summed E-state index contributed by atoms with van der Waals surface area (Å²) in [5, 5.41) is 13.2. The van der Waals surface area contributed by atoms with E-state index < -0.39 is 23.7 Å². The zero-order chi connectivity index (χ0) is 21.8. The van der Waals surface area contributed by atoms with Crippen molar-refractivity contribution < 1.29 is 19.5 Å². The van der Waals surface area contributed by atoms with E-state index in [2.05, 4.69) is 26.1 Å². The molecule has 2 amide bonds. The molecule has 30 heavy (non-hydrogen) atoms. The van der Waals surface area contributed by atoms with Gasteiger partial charge in [-0.2, -0.15) is 0 Å². The minimum Gasteiger partial charge on any atom is -0.481 e. The van der Waals surface area contributed by atoms with E-state index in [1.807, 2.05) is 12.2 Å². The number of primary amides is 1. The smallest absolute Gasteiger partial charge is 0.307 e. The number of carbonyl (C=O) groups excluding carboxylic acids is 2. The summed E-state index contributed by atoms with van der Waals surface area (Å²) in [7, 11) is 0. The number of thiophene rings is 1. The monoisotopic (exact) mass is 430 g/mol. The van der Waals surface area contributed by atoms with Gasteiger partial charge in [-0.1, -0.05) is 32.9 Å². The highest BCUT2D eigenvalue weighted by atomic mass is 32.1. The summed E-state index contributed by atoms with van der Waals surface area (Å²) in [5.41, 5.74) is 7.25. The third kappa shape index (κ3) is 3.57. The van der Waals surface area contributed by atoms with Crippen molar-refractivity contribution in [3.8, 4) is 0 Å². The quantitative estimate of drug-likeness (QED) is 0.630. The Morgan fingerprint density at radius 3 is 2.27 bits per heavy atom. The molecule has 0 saturated heterocycles. The Morgan fingerprint density at radius 1 is 1.10 bits per heavy atom. The first-order chi connectivity index (χ1) is 14.1. The van der Waals surface area contributed by atoms with Crippen molar-refractivity contribution >= 4 is 34.1 Å². The first-order valence-corrected chi connectivity index (χ1v) is 11.6. The van der Waals surface area contributed by atoms with Crippen LogP contribution in [0.5, 0.6) is 0 Å². The third-order valence-electron chi connectivity index (χ3n) is 7.31. The molecule has 0 aliphatic heterocycles. The van der Waals surface area contributed by atoms with Crippen molar-refractivity contribution in [3.05, 3.63) is 28.2 Å². The van der Waals surface area contributed by atoms with Gasteiger partial charge in [0.1, 0.15) is 5.00 Å². The molecule has 5 rings (SSSR count). The molecule has 4 aliphatic rings. The van der Waals surface area contributed by atoms with E-state index in [0.717, 1.165) is 42.5 Å². The molecular formula is C23H30N2O4S. The topological polar surface area (TPSA) is 109 Å². The second-order valence-corrected chi connectivity index (χ2v) is 11.2. The van der Waals surface area contributed by atoms with Gasteiger partial charge in [-0.05, 0) is 60.8 Å². The molecule has 1 heterocycles. The zero-order valence-corrected chi connectivity index (χ0v) is 18.6. The SMILES string of the molecule is CC(C)(C)[C@@H]1CCc2c(sc(NC(=O)[C@@H]3[C@@H](C(=O)O)[C@H]4C=C[C@@H]3CC4)c2C(N)=O)C1. The molecule has 162 valence electrons. The highest BCUT2D eigenvalue weighted by Crippen LogP contribution is 2.47. The summed E-state index contributed by atoms with van der Waals surface area (Å²) in [6.07, 6.45) is 8.18. The van der Waals surface area contributed by atoms with Gasteiger partial charge in [0.05, 0.1) is 17.4 Å². The lowest BCUT2D eigenvalue weighted by atomic mass is 9.62. The summed E-state index contributed by atoms with van der Waals surface area (Å²) in [4.78, 5) is 38.5. The van der Waals surface area contributed by atoms with Crippen molar-refractivity contribution in [2.75, 3.05) is 5.32 Å². The molecule has 4 aliphatic carbocycles. The number of carbonyl (C=O) groups is 3. The molecule has 1 fully saturated rings. The summed E-state index contributed by atoms with van der Waals surface area (Å²) in [6, 6.07) is 0. The van der Waals surface area contributed by atoms with Gasteiger partial charge in [0.2, 0.25) is 5.91 Å². The molecule has 5 atom stereocenters. The molecule has 0 unspecified atom stereocenters. The van der Waals surface area contributed by atoms with Crippen LogP contribution in [0, 0.1) is 35.0 Å². The van der Waals surface area contributed by atoms with Crippen LogP contribution in [0.4, 0.5) is 5.00 Å². The van der Waals surface area contributed by atoms with Crippen LogP contribution in [0.2, 0.25) is 0 Å². The van der Waals surface area contributed by atoms with Gasteiger partial charge >= 0.3 is 5.97 Å². The summed E-state index contributed by atoms with van der Waals surface area (Å²) in [5.74, 6) is -2.78. The number of carboxylic acids is 1. The highest BCUT2D eigenvalue weighted by molar-refractivity contribution is 7.17. The Bertz CT molecular complexity index is 926. The Morgan fingerprint density at radius 2 is 1.73 bits per heavy atom. The third-order valence-corrected chi connectivity index (χ3v) is 8.48. The fourth-order valence-corrected chi connectivity index (χ4v) is 6.89. The number of fused-ring (bicyclic) bond motifs is 3. The second kappa shape index (κ2) is 7.52. The van der Waals surface area contributed by atoms with E-state index in [4.69, 9.17) is 5.73 Å². The summed E-state index contributed by atoms with van der Waals surface area (Å²) in [6.45, 7) is 6.68. The Hall–Kier alpha value is -2.15. The molecule has 0 spiro atoms. The average molecular weight is 431 g/mol. The largest absolute Gasteiger partial charge is 0.481 e. The number of carboxylic acid groups (broad SMARTS) is 1. The van der Waals surface area contributed by atoms with E-state index in [-0.39, 0.29) is 23.2 Å². The number of nitrogens with two attached hydrogens (primary N) is 1. The van der Waals surface area contributed by atoms with Gasteiger partial charge in [-0.15, -0.1) is 11.3 Å². The predicted molar refractivity (Wildman–Crippen MR) is 116 cm³/mol. The normalized spacial score (nSPS) is 30.0. The molecule has 0 aromatic carbocycles. The Balaban J connectivity index is 1.63.